The van der Waals surface area contributed by atoms with Crippen LogP contribution in [0.2, 0.25) is 0 Å². The van der Waals surface area contributed by atoms with Gasteiger partial charge in [-0.2, -0.15) is 11.8 Å². The molecule has 0 atom stereocenters. The molecule has 0 aliphatic carbocycles. The standard InChI is InChI=1S/C16H27NOS/c1-5-6-9-19-12-15-10-14(11-17-13(2)3)7-8-16(15)18-4/h7-8,10,13,17H,5-6,9,11-12H2,1-4H3. The molecule has 0 unspecified atom stereocenters. The van der Waals surface area contributed by atoms with Gasteiger partial charge < -0.3 is 10.1 Å². The summed E-state index contributed by atoms with van der Waals surface area (Å²) in [6.45, 7) is 7.50. The SMILES string of the molecule is CCCCSCc1cc(CNC(C)C)ccc1OC. The smallest absolute Gasteiger partial charge is 0.122 e. The number of benzene rings is 1. The quantitative estimate of drug-likeness (QED) is 0.685. The van der Waals surface area contributed by atoms with Crippen molar-refractivity contribution in [3.05, 3.63) is 29.3 Å². The van der Waals surface area contributed by atoms with E-state index >= 15 is 0 Å². The van der Waals surface area contributed by atoms with Crippen molar-refractivity contribution in [1.29, 1.82) is 0 Å². The summed E-state index contributed by atoms with van der Waals surface area (Å²) in [5.41, 5.74) is 2.65. The summed E-state index contributed by atoms with van der Waals surface area (Å²) >= 11 is 1.99. The molecular weight excluding hydrogens is 254 g/mol. The van der Waals surface area contributed by atoms with Crippen molar-refractivity contribution in [3.63, 3.8) is 0 Å². The number of hydrogen-bond acceptors (Lipinski definition) is 3. The molecular formula is C16H27NOS. The average molecular weight is 281 g/mol. The molecule has 0 amide bonds. The van der Waals surface area contributed by atoms with Gasteiger partial charge in [0.25, 0.3) is 0 Å². The van der Waals surface area contributed by atoms with Gasteiger partial charge in [-0.1, -0.05) is 33.3 Å². The van der Waals surface area contributed by atoms with Crippen LogP contribution in [0, 0.1) is 0 Å². The first-order valence-corrected chi connectivity index (χ1v) is 8.29. The number of rotatable bonds is 9. The van der Waals surface area contributed by atoms with Crippen LogP contribution in [0.1, 0.15) is 44.7 Å². The number of nitrogens with one attached hydrogen (secondary N) is 1. The maximum Gasteiger partial charge on any atom is 0.122 e. The van der Waals surface area contributed by atoms with Crippen molar-refractivity contribution in [1.82, 2.24) is 5.32 Å². The van der Waals surface area contributed by atoms with Crippen molar-refractivity contribution < 1.29 is 4.74 Å². The van der Waals surface area contributed by atoms with E-state index in [9.17, 15) is 0 Å². The zero-order chi connectivity index (χ0) is 14.1. The Balaban J connectivity index is 2.61. The second-order valence-corrected chi connectivity index (χ2v) is 6.19. The Morgan fingerprint density at radius 3 is 2.74 bits per heavy atom. The van der Waals surface area contributed by atoms with Gasteiger partial charge in [-0.25, -0.2) is 0 Å². The largest absolute Gasteiger partial charge is 0.496 e. The molecule has 0 fully saturated rings. The maximum atomic E-state index is 5.45. The Hall–Kier alpha value is -0.670. The van der Waals surface area contributed by atoms with Gasteiger partial charge in [-0.3, -0.25) is 0 Å². The van der Waals surface area contributed by atoms with E-state index in [1.165, 1.54) is 29.7 Å². The predicted molar refractivity (Wildman–Crippen MR) is 86.0 cm³/mol. The van der Waals surface area contributed by atoms with Gasteiger partial charge in [-0.15, -0.1) is 0 Å². The molecule has 19 heavy (non-hydrogen) atoms. The van der Waals surface area contributed by atoms with Crippen LogP contribution in [0.4, 0.5) is 0 Å². The van der Waals surface area contributed by atoms with Crippen LogP contribution in [-0.2, 0) is 12.3 Å². The van der Waals surface area contributed by atoms with Crippen LogP contribution in [-0.4, -0.2) is 18.9 Å². The molecule has 0 saturated heterocycles. The minimum Gasteiger partial charge on any atom is -0.496 e. The molecule has 0 spiro atoms. The summed E-state index contributed by atoms with van der Waals surface area (Å²) in [4.78, 5) is 0. The van der Waals surface area contributed by atoms with Crippen molar-refractivity contribution in [3.8, 4) is 5.75 Å². The minimum absolute atomic E-state index is 0.518. The molecule has 0 saturated carbocycles. The Morgan fingerprint density at radius 1 is 1.32 bits per heavy atom. The fourth-order valence-electron chi connectivity index (χ4n) is 1.81. The van der Waals surface area contributed by atoms with E-state index in [1.54, 1.807) is 7.11 Å². The first-order chi connectivity index (χ1) is 9.17. The van der Waals surface area contributed by atoms with Crippen LogP contribution in [0.3, 0.4) is 0 Å². The first kappa shape index (κ1) is 16.4. The van der Waals surface area contributed by atoms with Crippen molar-refractivity contribution in [2.75, 3.05) is 12.9 Å². The summed E-state index contributed by atoms with van der Waals surface area (Å²) in [5.74, 6) is 3.28. The summed E-state index contributed by atoms with van der Waals surface area (Å²) in [6.07, 6.45) is 2.56. The van der Waals surface area contributed by atoms with Crippen LogP contribution in [0.25, 0.3) is 0 Å². The fourth-order valence-corrected chi connectivity index (χ4v) is 2.89. The number of methoxy groups -OCH3 is 1. The molecule has 2 nitrogen and oxygen atoms in total. The molecule has 1 N–H and O–H groups in total. The van der Waals surface area contributed by atoms with Gasteiger partial charge in [-0.05, 0) is 29.9 Å². The van der Waals surface area contributed by atoms with Crippen LogP contribution >= 0.6 is 11.8 Å². The highest BCUT2D eigenvalue weighted by Crippen LogP contribution is 2.25. The summed E-state index contributed by atoms with van der Waals surface area (Å²) in [5, 5.41) is 3.46. The zero-order valence-electron chi connectivity index (χ0n) is 12.7. The second-order valence-electron chi connectivity index (χ2n) is 5.09. The van der Waals surface area contributed by atoms with E-state index in [0.29, 0.717) is 6.04 Å². The Kier molecular flexibility index (Phi) is 7.99. The molecule has 0 heterocycles. The summed E-state index contributed by atoms with van der Waals surface area (Å²) < 4.78 is 5.45. The monoisotopic (exact) mass is 281 g/mol. The van der Waals surface area contributed by atoms with Gasteiger partial charge in [0.2, 0.25) is 0 Å². The highest BCUT2D eigenvalue weighted by Gasteiger charge is 2.05. The topological polar surface area (TPSA) is 21.3 Å². The highest BCUT2D eigenvalue weighted by atomic mass is 32.2. The van der Waals surface area contributed by atoms with Crippen molar-refractivity contribution in [2.45, 2.75) is 52.0 Å². The Morgan fingerprint density at radius 2 is 2.11 bits per heavy atom. The lowest BCUT2D eigenvalue weighted by molar-refractivity contribution is 0.411. The maximum absolute atomic E-state index is 5.45. The fraction of sp³-hybridized carbons (Fsp3) is 0.625. The van der Waals surface area contributed by atoms with Crippen molar-refractivity contribution in [2.24, 2.45) is 0 Å². The molecule has 0 aliphatic heterocycles. The van der Waals surface area contributed by atoms with Gasteiger partial charge in [0, 0.05) is 23.9 Å². The van der Waals surface area contributed by atoms with Gasteiger partial charge in [0.05, 0.1) is 7.11 Å². The van der Waals surface area contributed by atoms with Gasteiger partial charge in [0.15, 0.2) is 0 Å². The van der Waals surface area contributed by atoms with Gasteiger partial charge in [0.1, 0.15) is 5.75 Å². The number of thioether (sulfide) groups is 1. The van der Waals surface area contributed by atoms with E-state index in [1.807, 2.05) is 11.8 Å². The normalized spacial score (nSPS) is 11.0. The van der Waals surface area contributed by atoms with Crippen LogP contribution in [0.15, 0.2) is 18.2 Å². The lowest BCUT2D eigenvalue weighted by atomic mass is 10.1. The molecule has 1 aromatic rings. The van der Waals surface area contributed by atoms with Crippen LogP contribution < -0.4 is 10.1 Å². The zero-order valence-corrected chi connectivity index (χ0v) is 13.5. The molecule has 1 rings (SSSR count). The molecule has 0 aromatic heterocycles. The summed E-state index contributed by atoms with van der Waals surface area (Å²) in [6, 6.07) is 7.03. The molecule has 1 aromatic carbocycles. The third kappa shape index (κ3) is 6.35. The predicted octanol–water partition coefficient (Wildman–Crippen LogP) is 4.23. The molecule has 0 radical (unpaired) electrons. The Bertz CT molecular complexity index is 366. The third-order valence-electron chi connectivity index (χ3n) is 2.96. The Labute approximate surface area is 122 Å². The lowest BCUT2D eigenvalue weighted by Gasteiger charge is -2.12. The molecule has 0 bridgehead atoms. The van der Waals surface area contributed by atoms with E-state index in [0.717, 1.165) is 18.0 Å². The second kappa shape index (κ2) is 9.27. The summed E-state index contributed by atoms with van der Waals surface area (Å²) in [7, 11) is 1.75. The van der Waals surface area contributed by atoms with E-state index in [4.69, 9.17) is 4.74 Å². The number of hydrogen-bond donors (Lipinski definition) is 1. The molecule has 108 valence electrons. The minimum atomic E-state index is 0.518. The number of unbranched alkanes of at least 4 members (excludes halogenated alkanes) is 1. The van der Waals surface area contributed by atoms with E-state index < -0.39 is 0 Å². The van der Waals surface area contributed by atoms with Crippen LogP contribution in [0.5, 0.6) is 5.75 Å². The molecule has 0 aliphatic rings. The first-order valence-electron chi connectivity index (χ1n) is 7.14. The van der Waals surface area contributed by atoms with Crippen molar-refractivity contribution >= 4 is 11.8 Å². The average Bonchev–Trinajstić information content (AvgIpc) is 2.41. The third-order valence-corrected chi connectivity index (χ3v) is 4.05. The highest BCUT2D eigenvalue weighted by molar-refractivity contribution is 7.98. The molecule has 3 heteroatoms. The van der Waals surface area contributed by atoms with Gasteiger partial charge >= 0.3 is 0 Å². The lowest BCUT2D eigenvalue weighted by Crippen LogP contribution is -2.21. The van der Waals surface area contributed by atoms with E-state index in [-0.39, 0.29) is 0 Å². The number of ether oxygens (including phenoxy) is 1. The van der Waals surface area contributed by atoms with E-state index in [2.05, 4.69) is 44.3 Å².